The highest BCUT2D eigenvalue weighted by molar-refractivity contribution is 5.95. The number of carbonyl (C=O) groups is 2. The number of benzene rings is 1. The van der Waals surface area contributed by atoms with E-state index in [2.05, 4.69) is 10.6 Å². The summed E-state index contributed by atoms with van der Waals surface area (Å²) in [4.78, 5) is 28.5. The molecule has 1 aliphatic carbocycles. The molecule has 6 nitrogen and oxygen atoms in total. The Kier molecular flexibility index (Phi) is 4.51. The third-order valence-electron chi connectivity index (χ3n) is 5.76. The monoisotopic (exact) mass is 342 g/mol. The summed E-state index contributed by atoms with van der Waals surface area (Å²) in [5, 5.41) is 5.90. The number of carbonyl (C=O) groups excluding carboxylic acids is 2. The minimum atomic E-state index is -0.0701. The Labute approximate surface area is 148 Å². The van der Waals surface area contributed by atoms with Gasteiger partial charge in [-0.2, -0.15) is 0 Å². The van der Waals surface area contributed by atoms with Crippen LogP contribution in [0.4, 0.5) is 21.0 Å². The number of fused-ring (bicyclic) bond motifs is 1. The van der Waals surface area contributed by atoms with Gasteiger partial charge in [0.1, 0.15) is 0 Å². The van der Waals surface area contributed by atoms with Crippen molar-refractivity contribution in [3.05, 3.63) is 24.3 Å². The lowest BCUT2D eigenvalue weighted by atomic mass is 9.85. The molecule has 3 aliphatic rings. The summed E-state index contributed by atoms with van der Waals surface area (Å²) in [6.45, 7) is 2.29. The van der Waals surface area contributed by atoms with Crippen molar-refractivity contribution in [2.45, 2.75) is 44.6 Å². The lowest BCUT2D eigenvalue weighted by molar-refractivity contribution is 0.182. The van der Waals surface area contributed by atoms with Crippen LogP contribution in [0.1, 0.15) is 38.5 Å². The number of hydrogen-bond donors (Lipinski definition) is 2. The Hall–Kier alpha value is -2.24. The first-order chi connectivity index (χ1) is 12.2. The molecule has 0 aromatic heterocycles. The first-order valence-electron chi connectivity index (χ1n) is 9.45. The van der Waals surface area contributed by atoms with Gasteiger partial charge in [0, 0.05) is 37.1 Å². The molecule has 1 aromatic rings. The van der Waals surface area contributed by atoms with E-state index in [4.69, 9.17) is 0 Å². The molecule has 3 fully saturated rings. The SMILES string of the molecule is O=C1NCCCN1c1cccc(NC(=O)N2CC[C@@H]3CCCC[C@@H]32)c1. The van der Waals surface area contributed by atoms with Gasteiger partial charge in [-0.3, -0.25) is 4.90 Å². The second kappa shape index (κ2) is 6.94. The van der Waals surface area contributed by atoms with Gasteiger partial charge in [0.2, 0.25) is 0 Å². The van der Waals surface area contributed by atoms with Gasteiger partial charge < -0.3 is 15.5 Å². The van der Waals surface area contributed by atoms with Gasteiger partial charge >= 0.3 is 12.1 Å². The van der Waals surface area contributed by atoms with Crippen LogP contribution < -0.4 is 15.5 Å². The fourth-order valence-corrected chi connectivity index (χ4v) is 4.48. The maximum absolute atomic E-state index is 12.7. The second-order valence-corrected chi connectivity index (χ2v) is 7.31. The third-order valence-corrected chi connectivity index (χ3v) is 5.76. The predicted octanol–water partition coefficient (Wildman–Crippen LogP) is 3.40. The van der Waals surface area contributed by atoms with E-state index in [9.17, 15) is 9.59 Å². The van der Waals surface area contributed by atoms with Crippen LogP contribution in [0.2, 0.25) is 0 Å². The molecular formula is C19H26N4O2. The molecule has 4 rings (SSSR count). The molecule has 2 aliphatic heterocycles. The molecule has 134 valence electrons. The molecule has 4 amide bonds. The number of nitrogens with one attached hydrogen (secondary N) is 2. The highest BCUT2D eigenvalue weighted by atomic mass is 16.2. The molecule has 0 spiro atoms. The van der Waals surface area contributed by atoms with E-state index >= 15 is 0 Å². The lowest BCUT2D eigenvalue weighted by Crippen LogP contribution is -2.46. The van der Waals surface area contributed by atoms with Crippen LogP contribution in [0.15, 0.2) is 24.3 Å². The van der Waals surface area contributed by atoms with Crippen molar-refractivity contribution in [2.24, 2.45) is 5.92 Å². The van der Waals surface area contributed by atoms with Gasteiger partial charge in [-0.25, -0.2) is 9.59 Å². The zero-order chi connectivity index (χ0) is 17.2. The summed E-state index contributed by atoms with van der Waals surface area (Å²) in [5.74, 6) is 0.683. The van der Waals surface area contributed by atoms with E-state index in [0.29, 0.717) is 18.5 Å². The summed E-state index contributed by atoms with van der Waals surface area (Å²) in [7, 11) is 0. The van der Waals surface area contributed by atoms with Crippen LogP contribution in [0.25, 0.3) is 0 Å². The molecule has 2 saturated heterocycles. The molecule has 0 unspecified atom stereocenters. The van der Waals surface area contributed by atoms with Gasteiger partial charge in [-0.05, 0) is 49.8 Å². The lowest BCUT2D eigenvalue weighted by Gasteiger charge is -2.32. The zero-order valence-corrected chi connectivity index (χ0v) is 14.5. The van der Waals surface area contributed by atoms with Crippen molar-refractivity contribution in [2.75, 3.05) is 29.9 Å². The predicted molar refractivity (Wildman–Crippen MR) is 97.9 cm³/mol. The summed E-state index contributed by atoms with van der Waals surface area (Å²) in [6.07, 6.45) is 6.98. The van der Waals surface area contributed by atoms with Crippen LogP contribution in [0.3, 0.4) is 0 Å². The van der Waals surface area contributed by atoms with Crippen LogP contribution in [0.5, 0.6) is 0 Å². The van der Waals surface area contributed by atoms with E-state index in [0.717, 1.165) is 43.7 Å². The van der Waals surface area contributed by atoms with E-state index in [1.165, 1.54) is 19.3 Å². The Morgan fingerprint density at radius 2 is 2.00 bits per heavy atom. The molecule has 0 radical (unpaired) electrons. The molecule has 0 bridgehead atoms. The third kappa shape index (κ3) is 3.30. The average molecular weight is 342 g/mol. The van der Waals surface area contributed by atoms with Gasteiger partial charge in [0.15, 0.2) is 0 Å². The molecular weight excluding hydrogens is 316 g/mol. The van der Waals surface area contributed by atoms with Gasteiger partial charge in [0.25, 0.3) is 0 Å². The Bertz CT molecular complexity index is 663. The Morgan fingerprint density at radius 1 is 1.12 bits per heavy atom. The fraction of sp³-hybridized carbons (Fsp3) is 0.579. The summed E-state index contributed by atoms with van der Waals surface area (Å²) >= 11 is 0. The summed E-state index contributed by atoms with van der Waals surface area (Å²) < 4.78 is 0. The maximum Gasteiger partial charge on any atom is 0.322 e. The summed E-state index contributed by atoms with van der Waals surface area (Å²) in [6, 6.07) is 7.90. The maximum atomic E-state index is 12.7. The number of likely N-dealkylation sites (tertiary alicyclic amines) is 1. The normalized spacial score (nSPS) is 26.2. The molecule has 6 heteroatoms. The topological polar surface area (TPSA) is 64.7 Å². The molecule has 2 atom stereocenters. The Balaban J connectivity index is 1.45. The largest absolute Gasteiger partial charge is 0.338 e. The van der Waals surface area contributed by atoms with Gasteiger partial charge in [-0.1, -0.05) is 18.9 Å². The molecule has 25 heavy (non-hydrogen) atoms. The highest BCUT2D eigenvalue weighted by Gasteiger charge is 2.38. The standard InChI is InChI=1S/C19H26N4O2/c24-18-20-10-4-11-22(18)16-7-3-6-15(13-16)21-19(25)23-12-9-14-5-1-2-8-17(14)23/h3,6-7,13-14,17H,1-2,4-5,8-12H2,(H,20,24)(H,21,25)/t14-,17-/m0/s1. The van der Waals surface area contributed by atoms with E-state index in [1.807, 2.05) is 29.2 Å². The number of urea groups is 2. The van der Waals surface area contributed by atoms with Crippen molar-refractivity contribution < 1.29 is 9.59 Å². The van der Waals surface area contributed by atoms with E-state index in [1.54, 1.807) is 4.90 Å². The van der Waals surface area contributed by atoms with Crippen LogP contribution in [-0.2, 0) is 0 Å². The quantitative estimate of drug-likeness (QED) is 0.865. The number of anilines is 2. The number of rotatable bonds is 2. The molecule has 1 aromatic carbocycles. The van der Waals surface area contributed by atoms with Crippen molar-refractivity contribution in [3.8, 4) is 0 Å². The summed E-state index contributed by atoms with van der Waals surface area (Å²) in [5.41, 5.74) is 1.58. The van der Waals surface area contributed by atoms with Crippen LogP contribution in [0, 0.1) is 5.92 Å². The minimum absolute atomic E-state index is 0.00496. The van der Waals surface area contributed by atoms with Gasteiger partial charge in [0.05, 0.1) is 0 Å². The van der Waals surface area contributed by atoms with E-state index < -0.39 is 0 Å². The second-order valence-electron chi connectivity index (χ2n) is 7.31. The zero-order valence-electron chi connectivity index (χ0n) is 14.5. The first kappa shape index (κ1) is 16.2. The van der Waals surface area contributed by atoms with Crippen molar-refractivity contribution >= 4 is 23.4 Å². The van der Waals surface area contributed by atoms with E-state index in [-0.39, 0.29) is 12.1 Å². The van der Waals surface area contributed by atoms with Crippen LogP contribution in [-0.4, -0.2) is 42.6 Å². The minimum Gasteiger partial charge on any atom is -0.338 e. The van der Waals surface area contributed by atoms with Gasteiger partial charge in [-0.15, -0.1) is 0 Å². The number of nitrogens with zero attached hydrogens (tertiary/aromatic N) is 2. The molecule has 2 N–H and O–H groups in total. The number of amides is 4. The first-order valence-corrected chi connectivity index (χ1v) is 9.45. The van der Waals surface area contributed by atoms with Crippen molar-refractivity contribution in [1.82, 2.24) is 10.2 Å². The van der Waals surface area contributed by atoms with Crippen molar-refractivity contribution in [3.63, 3.8) is 0 Å². The van der Waals surface area contributed by atoms with Crippen molar-refractivity contribution in [1.29, 1.82) is 0 Å². The molecule has 1 saturated carbocycles. The highest BCUT2D eigenvalue weighted by Crippen LogP contribution is 2.36. The number of hydrogen-bond acceptors (Lipinski definition) is 2. The average Bonchev–Trinajstić information content (AvgIpc) is 3.06. The molecule has 2 heterocycles. The smallest absolute Gasteiger partial charge is 0.322 e. The van der Waals surface area contributed by atoms with Crippen LogP contribution >= 0.6 is 0 Å². The Morgan fingerprint density at radius 3 is 2.88 bits per heavy atom. The fourth-order valence-electron chi connectivity index (χ4n) is 4.48.